The summed E-state index contributed by atoms with van der Waals surface area (Å²) in [4.78, 5) is 0. The molecule has 0 bridgehead atoms. The van der Waals surface area contributed by atoms with Gasteiger partial charge >= 0.3 is 0 Å². The van der Waals surface area contributed by atoms with Crippen LogP contribution in [-0.2, 0) is 0 Å². The molecule has 0 aromatic heterocycles. The first kappa shape index (κ1) is 10.8. The number of rotatable bonds is 1. The van der Waals surface area contributed by atoms with Gasteiger partial charge in [-0.25, -0.2) is 8.78 Å². The molecule has 1 heterocycles. The lowest BCUT2D eigenvalue weighted by Crippen LogP contribution is -2.43. The van der Waals surface area contributed by atoms with Crippen molar-refractivity contribution in [3.63, 3.8) is 0 Å². The van der Waals surface area contributed by atoms with Crippen molar-refractivity contribution >= 4 is 11.6 Å². The van der Waals surface area contributed by atoms with Crippen LogP contribution < -0.4 is 10.6 Å². The summed E-state index contributed by atoms with van der Waals surface area (Å²) >= 11 is 5.55. The summed E-state index contributed by atoms with van der Waals surface area (Å²) in [6, 6.07) is 1.95. The average molecular weight is 233 g/mol. The predicted octanol–water partition coefficient (Wildman–Crippen LogP) is 1.85. The van der Waals surface area contributed by atoms with Gasteiger partial charge in [-0.2, -0.15) is 0 Å². The van der Waals surface area contributed by atoms with Crippen LogP contribution in [0.4, 0.5) is 8.78 Å². The van der Waals surface area contributed by atoms with Crippen LogP contribution in [-0.4, -0.2) is 19.6 Å². The van der Waals surface area contributed by atoms with Crippen LogP contribution in [0.15, 0.2) is 12.1 Å². The van der Waals surface area contributed by atoms with Gasteiger partial charge in [0.1, 0.15) is 11.6 Å². The predicted molar refractivity (Wildman–Crippen MR) is 55.0 cm³/mol. The lowest BCUT2D eigenvalue weighted by Gasteiger charge is -2.25. The fourth-order valence-corrected chi connectivity index (χ4v) is 1.94. The zero-order chi connectivity index (χ0) is 10.8. The van der Waals surface area contributed by atoms with E-state index in [1.807, 2.05) is 0 Å². The molecule has 1 saturated heterocycles. The van der Waals surface area contributed by atoms with Crippen molar-refractivity contribution < 1.29 is 8.78 Å². The summed E-state index contributed by atoms with van der Waals surface area (Å²) in [6.45, 7) is 2.04. The summed E-state index contributed by atoms with van der Waals surface area (Å²) in [5.74, 6) is -1.19. The van der Waals surface area contributed by atoms with Gasteiger partial charge in [0.15, 0.2) is 0 Å². The van der Waals surface area contributed by atoms with E-state index in [-0.39, 0.29) is 16.6 Å². The van der Waals surface area contributed by atoms with E-state index >= 15 is 0 Å². The fraction of sp³-hybridized carbons (Fsp3) is 0.400. The second-order valence-corrected chi connectivity index (χ2v) is 3.93. The Kier molecular flexibility index (Phi) is 3.19. The molecule has 0 unspecified atom stereocenters. The van der Waals surface area contributed by atoms with E-state index in [4.69, 9.17) is 11.6 Å². The van der Waals surface area contributed by atoms with Crippen molar-refractivity contribution in [2.45, 2.75) is 6.04 Å². The Morgan fingerprint density at radius 2 is 1.87 bits per heavy atom. The van der Waals surface area contributed by atoms with E-state index in [1.165, 1.54) is 0 Å². The summed E-state index contributed by atoms with van der Waals surface area (Å²) < 4.78 is 27.0. The standard InChI is InChI=1S/C10H11ClF2N2/c11-6-3-7(12)10(8(13)4-6)9-5-14-1-2-15-9/h3-4,9,14-15H,1-2,5H2/t9-/m1/s1. The molecule has 0 saturated carbocycles. The molecule has 1 aliphatic rings. The highest BCUT2D eigenvalue weighted by molar-refractivity contribution is 6.30. The molecule has 82 valence electrons. The molecule has 1 aliphatic heterocycles. The molecular formula is C10H11ClF2N2. The van der Waals surface area contributed by atoms with E-state index in [9.17, 15) is 8.78 Å². The number of hydrogen-bond acceptors (Lipinski definition) is 2. The zero-order valence-electron chi connectivity index (χ0n) is 7.99. The van der Waals surface area contributed by atoms with E-state index in [0.717, 1.165) is 18.7 Å². The van der Waals surface area contributed by atoms with E-state index in [1.54, 1.807) is 0 Å². The third-order valence-electron chi connectivity index (χ3n) is 2.43. The first-order valence-corrected chi connectivity index (χ1v) is 5.15. The normalized spacial score (nSPS) is 21.7. The minimum atomic E-state index is -0.596. The highest BCUT2D eigenvalue weighted by Crippen LogP contribution is 2.24. The molecular weight excluding hydrogens is 222 g/mol. The summed E-state index contributed by atoms with van der Waals surface area (Å²) in [5, 5.41) is 6.21. The Morgan fingerprint density at radius 1 is 1.20 bits per heavy atom. The quantitative estimate of drug-likeness (QED) is 0.772. The number of hydrogen-bond donors (Lipinski definition) is 2. The molecule has 1 fully saturated rings. The van der Waals surface area contributed by atoms with Crippen molar-refractivity contribution in [3.8, 4) is 0 Å². The second-order valence-electron chi connectivity index (χ2n) is 3.49. The topological polar surface area (TPSA) is 24.1 Å². The Labute approximate surface area is 91.6 Å². The molecule has 1 aromatic carbocycles. The van der Waals surface area contributed by atoms with E-state index < -0.39 is 11.6 Å². The Balaban J connectivity index is 2.33. The monoisotopic (exact) mass is 232 g/mol. The molecule has 0 amide bonds. The third-order valence-corrected chi connectivity index (χ3v) is 2.65. The maximum atomic E-state index is 13.5. The minimum Gasteiger partial charge on any atom is -0.314 e. The molecule has 2 N–H and O–H groups in total. The SMILES string of the molecule is Fc1cc(Cl)cc(F)c1[C@H]1CNCCN1. The van der Waals surface area contributed by atoms with Gasteiger partial charge in [-0.15, -0.1) is 0 Å². The third kappa shape index (κ3) is 2.27. The molecule has 0 aliphatic carbocycles. The van der Waals surface area contributed by atoms with Crippen molar-refractivity contribution in [1.82, 2.24) is 10.6 Å². The summed E-state index contributed by atoms with van der Waals surface area (Å²) in [6.07, 6.45) is 0. The van der Waals surface area contributed by atoms with Crippen LogP contribution in [0.5, 0.6) is 0 Å². The lowest BCUT2D eigenvalue weighted by atomic mass is 10.0. The molecule has 2 rings (SSSR count). The van der Waals surface area contributed by atoms with Crippen molar-refractivity contribution in [2.24, 2.45) is 0 Å². The van der Waals surface area contributed by atoms with Gasteiger partial charge < -0.3 is 10.6 Å². The Hall–Kier alpha value is -0.710. The number of halogens is 3. The largest absolute Gasteiger partial charge is 0.314 e. The zero-order valence-corrected chi connectivity index (χ0v) is 8.74. The van der Waals surface area contributed by atoms with Crippen LogP contribution in [0.25, 0.3) is 0 Å². The first-order chi connectivity index (χ1) is 7.18. The molecule has 0 radical (unpaired) electrons. The Morgan fingerprint density at radius 3 is 2.40 bits per heavy atom. The minimum absolute atomic E-state index is 0.0617. The first-order valence-electron chi connectivity index (χ1n) is 4.77. The summed E-state index contributed by atoms with van der Waals surface area (Å²) in [5.41, 5.74) is 0.0617. The van der Waals surface area contributed by atoms with Gasteiger partial charge in [0, 0.05) is 30.2 Å². The average Bonchev–Trinajstić information content (AvgIpc) is 2.17. The van der Waals surface area contributed by atoms with Crippen molar-refractivity contribution in [1.29, 1.82) is 0 Å². The van der Waals surface area contributed by atoms with Gasteiger partial charge in [0.05, 0.1) is 6.04 Å². The van der Waals surface area contributed by atoms with Crippen LogP contribution in [0, 0.1) is 11.6 Å². The molecule has 2 nitrogen and oxygen atoms in total. The van der Waals surface area contributed by atoms with Gasteiger partial charge in [-0.3, -0.25) is 0 Å². The molecule has 5 heteroatoms. The van der Waals surface area contributed by atoms with Crippen LogP contribution in [0.2, 0.25) is 5.02 Å². The van der Waals surface area contributed by atoms with Crippen LogP contribution in [0.3, 0.4) is 0 Å². The molecule has 15 heavy (non-hydrogen) atoms. The Bertz CT molecular complexity index is 341. The number of nitrogens with one attached hydrogen (secondary N) is 2. The highest BCUT2D eigenvalue weighted by Gasteiger charge is 2.22. The van der Waals surface area contributed by atoms with Gasteiger partial charge in [-0.05, 0) is 12.1 Å². The van der Waals surface area contributed by atoms with E-state index in [2.05, 4.69) is 10.6 Å². The maximum Gasteiger partial charge on any atom is 0.132 e. The van der Waals surface area contributed by atoms with Crippen molar-refractivity contribution in [2.75, 3.05) is 19.6 Å². The van der Waals surface area contributed by atoms with Gasteiger partial charge in [0.2, 0.25) is 0 Å². The van der Waals surface area contributed by atoms with E-state index in [0.29, 0.717) is 13.1 Å². The molecule has 1 aromatic rings. The van der Waals surface area contributed by atoms with Crippen LogP contribution >= 0.6 is 11.6 Å². The fourth-order valence-electron chi connectivity index (χ4n) is 1.74. The smallest absolute Gasteiger partial charge is 0.132 e. The number of benzene rings is 1. The van der Waals surface area contributed by atoms with Gasteiger partial charge in [-0.1, -0.05) is 11.6 Å². The highest BCUT2D eigenvalue weighted by atomic mass is 35.5. The van der Waals surface area contributed by atoms with Gasteiger partial charge in [0.25, 0.3) is 0 Å². The summed E-state index contributed by atoms with van der Waals surface area (Å²) in [7, 11) is 0. The van der Waals surface area contributed by atoms with Crippen LogP contribution in [0.1, 0.15) is 11.6 Å². The lowest BCUT2D eigenvalue weighted by molar-refractivity contribution is 0.401. The number of piperazine rings is 1. The molecule has 1 atom stereocenters. The van der Waals surface area contributed by atoms with Crippen molar-refractivity contribution in [3.05, 3.63) is 34.4 Å². The maximum absolute atomic E-state index is 13.5. The molecule has 0 spiro atoms. The second kappa shape index (κ2) is 4.43.